The Morgan fingerprint density at radius 1 is 1.25 bits per heavy atom. The van der Waals surface area contributed by atoms with Gasteiger partial charge < -0.3 is 14.6 Å². The van der Waals surface area contributed by atoms with E-state index in [1.807, 2.05) is 54.6 Å². The third kappa shape index (κ3) is 3.90. The number of benzene rings is 2. The molecule has 1 unspecified atom stereocenters. The van der Waals surface area contributed by atoms with Crippen molar-refractivity contribution < 1.29 is 19.1 Å². The second-order valence-corrected chi connectivity index (χ2v) is 8.72. The van der Waals surface area contributed by atoms with Gasteiger partial charge in [-0.15, -0.1) is 0 Å². The number of hydrogen-bond acceptors (Lipinski definition) is 2. The molecule has 168 valence electrons. The average molecular weight is 437 g/mol. The fourth-order valence-corrected chi connectivity index (χ4v) is 5.00. The summed E-state index contributed by atoms with van der Waals surface area (Å²) in [6.45, 7) is 3.86. The summed E-state index contributed by atoms with van der Waals surface area (Å²) in [4.78, 5) is 26.8. The third-order valence-corrected chi connectivity index (χ3v) is 6.86. The average Bonchev–Trinajstić information content (AvgIpc) is 3.08. The van der Waals surface area contributed by atoms with E-state index in [1.165, 1.54) is 12.1 Å². The topological polar surface area (TPSA) is 62.5 Å². The van der Waals surface area contributed by atoms with Crippen LogP contribution in [0.5, 0.6) is 0 Å². The van der Waals surface area contributed by atoms with Crippen LogP contribution in [-0.2, 0) is 28.9 Å². The molecule has 5 nitrogen and oxygen atoms in total. The molecule has 6 heteroatoms. The van der Waals surface area contributed by atoms with Gasteiger partial charge in [0, 0.05) is 29.7 Å². The van der Waals surface area contributed by atoms with Gasteiger partial charge in [0.1, 0.15) is 11.9 Å². The third-order valence-electron chi connectivity index (χ3n) is 6.86. The second-order valence-electron chi connectivity index (χ2n) is 8.72. The Balaban J connectivity index is 1.66. The van der Waals surface area contributed by atoms with Crippen molar-refractivity contribution >= 4 is 22.8 Å². The molecule has 0 bridgehead atoms. The van der Waals surface area contributed by atoms with Gasteiger partial charge in [-0.3, -0.25) is 4.79 Å². The number of aromatic nitrogens is 1. The zero-order valence-electron chi connectivity index (χ0n) is 18.8. The zero-order valence-corrected chi connectivity index (χ0v) is 18.8. The molecule has 1 heterocycles. The maximum Gasteiger partial charge on any atom is 0.326 e. The summed E-state index contributed by atoms with van der Waals surface area (Å²) in [5, 5.41) is 10.5. The first kappa shape index (κ1) is 22.1. The molecular weight excluding hydrogens is 407 g/mol. The zero-order chi connectivity index (χ0) is 23.0. The van der Waals surface area contributed by atoms with Crippen molar-refractivity contribution in [2.45, 2.75) is 58.0 Å². The minimum absolute atomic E-state index is 0.00811. The fourth-order valence-electron chi connectivity index (χ4n) is 5.00. The highest BCUT2D eigenvalue weighted by molar-refractivity contribution is 5.88. The Hall–Kier alpha value is -3.15. The van der Waals surface area contributed by atoms with Crippen molar-refractivity contribution in [3.05, 3.63) is 70.7 Å². The number of hydrogen-bond donors (Lipinski definition) is 1. The van der Waals surface area contributed by atoms with Crippen LogP contribution in [0.2, 0.25) is 0 Å². The monoisotopic (exact) mass is 436 g/mol. The van der Waals surface area contributed by atoms with E-state index in [9.17, 15) is 19.1 Å². The smallest absolute Gasteiger partial charge is 0.326 e. The van der Waals surface area contributed by atoms with Gasteiger partial charge in [-0.1, -0.05) is 31.2 Å². The maximum absolute atomic E-state index is 14.1. The van der Waals surface area contributed by atoms with E-state index >= 15 is 0 Å². The Morgan fingerprint density at radius 2 is 2.00 bits per heavy atom. The van der Waals surface area contributed by atoms with Crippen molar-refractivity contribution in [2.24, 2.45) is 0 Å². The van der Waals surface area contributed by atoms with E-state index in [1.54, 1.807) is 6.07 Å². The number of fused-ring (bicyclic) bond motifs is 3. The molecule has 1 aromatic heterocycles. The standard InChI is InChI=1S/C26H29FN2O3/c1-4-22(26(31)32)29-23-11-9-18(27)14-20(23)21-15-19(10-12-24(21)29)28(3)25(30)13-17-8-6-5-7-16(17)2/h5-9,11,14,19,22H,4,10,12-13,15H2,1-3H3,(H,31,32)/t19-,22?/m0/s1. The van der Waals surface area contributed by atoms with Gasteiger partial charge in [-0.2, -0.15) is 0 Å². The van der Waals surface area contributed by atoms with Gasteiger partial charge in [0.05, 0.1) is 6.42 Å². The van der Waals surface area contributed by atoms with Crippen LogP contribution in [0.25, 0.3) is 10.9 Å². The lowest BCUT2D eigenvalue weighted by Gasteiger charge is -2.33. The van der Waals surface area contributed by atoms with Gasteiger partial charge in [0.15, 0.2) is 0 Å². The van der Waals surface area contributed by atoms with E-state index < -0.39 is 12.0 Å². The molecule has 0 aliphatic heterocycles. The minimum Gasteiger partial charge on any atom is -0.480 e. The van der Waals surface area contributed by atoms with Crippen molar-refractivity contribution in [1.82, 2.24) is 9.47 Å². The number of carbonyl (C=O) groups is 2. The number of aryl methyl sites for hydroxylation is 1. The number of aliphatic carboxylic acids is 1. The van der Waals surface area contributed by atoms with Gasteiger partial charge >= 0.3 is 5.97 Å². The molecule has 0 saturated carbocycles. The number of carboxylic acid groups (broad SMARTS) is 1. The molecule has 0 saturated heterocycles. The first-order valence-electron chi connectivity index (χ1n) is 11.2. The van der Waals surface area contributed by atoms with Crippen molar-refractivity contribution in [1.29, 1.82) is 0 Å². The summed E-state index contributed by atoms with van der Waals surface area (Å²) in [6, 6.07) is 11.7. The van der Waals surface area contributed by atoms with Crippen LogP contribution in [0.15, 0.2) is 42.5 Å². The SMILES string of the molecule is CCC(C(=O)O)n1c2c(c3cc(F)ccc31)C[C@@H](N(C)C(=O)Cc1ccccc1C)CC2. The predicted molar refractivity (Wildman–Crippen MR) is 122 cm³/mol. The van der Waals surface area contributed by atoms with Crippen LogP contribution >= 0.6 is 0 Å². The molecule has 0 radical (unpaired) electrons. The van der Waals surface area contributed by atoms with Gasteiger partial charge in [0.25, 0.3) is 0 Å². The van der Waals surface area contributed by atoms with E-state index in [0.29, 0.717) is 25.7 Å². The van der Waals surface area contributed by atoms with Gasteiger partial charge in [0.2, 0.25) is 5.91 Å². The predicted octanol–water partition coefficient (Wildman–Crippen LogP) is 4.68. The summed E-state index contributed by atoms with van der Waals surface area (Å²) in [6.07, 6.45) is 2.79. The second kappa shape index (κ2) is 8.77. The van der Waals surface area contributed by atoms with Crippen LogP contribution in [0, 0.1) is 12.7 Å². The quantitative estimate of drug-likeness (QED) is 0.610. The molecule has 2 atom stereocenters. The molecule has 4 rings (SSSR count). The highest BCUT2D eigenvalue weighted by Gasteiger charge is 2.32. The Kier molecular flexibility index (Phi) is 6.04. The fraction of sp³-hybridized carbons (Fsp3) is 0.385. The molecule has 32 heavy (non-hydrogen) atoms. The van der Waals surface area contributed by atoms with Crippen LogP contribution in [-0.4, -0.2) is 39.5 Å². The number of rotatable bonds is 6. The number of amides is 1. The molecule has 1 aliphatic carbocycles. The number of likely N-dealkylation sites (N-methyl/N-ethyl adjacent to an activating group) is 1. The Morgan fingerprint density at radius 3 is 2.69 bits per heavy atom. The molecule has 1 amide bonds. The summed E-state index contributed by atoms with van der Waals surface area (Å²) in [7, 11) is 1.84. The lowest BCUT2D eigenvalue weighted by Crippen LogP contribution is -2.41. The normalized spacial score (nSPS) is 16.6. The molecule has 3 aromatic rings. The van der Waals surface area contributed by atoms with E-state index in [2.05, 4.69) is 0 Å². The molecule has 0 spiro atoms. The molecule has 2 aromatic carbocycles. The first-order valence-corrected chi connectivity index (χ1v) is 11.2. The number of carboxylic acids is 1. The highest BCUT2D eigenvalue weighted by Crippen LogP contribution is 2.37. The van der Waals surface area contributed by atoms with E-state index in [0.717, 1.165) is 39.7 Å². The van der Waals surface area contributed by atoms with Crippen LogP contribution in [0.3, 0.4) is 0 Å². The summed E-state index contributed by atoms with van der Waals surface area (Å²) in [5.41, 5.74) is 4.78. The molecule has 0 fully saturated rings. The Labute approximate surface area is 187 Å². The van der Waals surface area contributed by atoms with Crippen molar-refractivity contribution in [2.75, 3.05) is 7.05 Å². The van der Waals surface area contributed by atoms with Crippen LogP contribution in [0.4, 0.5) is 4.39 Å². The lowest BCUT2D eigenvalue weighted by atomic mass is 9.90. The molecule has 1 aliphatic rings. The number of nitrogens with zero attached hydrogens (tertiary/aromatic N) is 2. The van der Waals surface area contributed by atoms with Gasteiger partial charge in [-0.05, 0) is 67.5 Å². The minimum atomic E-state index is -0.885. The van der Waals surface area contributed by atoms with E-state index in [-0.39, 0.29) is 17.8 Å². The van der Waals surface area contributed by atoms with Crippen LogP contribution in [0.1, 0.15) is 48.2 Å². The summed E-state index contributed by atoms with van der Waals surface area (Å²) in [5.74, 6) is -1.17. The van der Waals surface area contributed by atoms with Crippen molar-refractivity contribution in [3.63, 3.8) is 0 Å². The first-order chi connectivity index (χ1) is 15.3. The largest absolute Gasteiger partial charge is 0.480 e. The maximum atomic E-state index is 14.1. The van der Waals surface area contributed by atoms with Crippen molar-refractivity contribution in [3.8, 4) is 0 Å². The highest BCUT2D eigenvalue weighted by atomic mass is 19.1. The molecule has 1 N–H and O–H groups in total. The Bertz CT molecular complexity index is 1180. The number of halogens is 1. The number of carbonyl (C=O) groups excluding carboxylic acids is 1. The van der Waals surface area contributed by atoms with E-state index in [4.69, 9.17) is 0 Å². The van der Waals surface area contributed by atoms with Gasteiger partial charge in [-0.25, -0.2) is 9.18 Å². The molecular formula is C26H29FN2O3. The summed E-state index contributed by atoms with van der Waals surface area (Å²) < 4.78 is 16.0. The summed E-state index contributed by atoms with van der Waals surface area (Å²) >= 11 is 0. The van der Waals surface area contributed by atoms with Crippen LogP contribution < -0.4 is 0 Å². The lowest BCUT2D eigenvalue weighted by molar-refractivity contribution is -0.141.